The van der Waals surface area contributed by atoms with Crippen LogP contribution < -0.4 is 11.1 Å². The maximum absolute atomic E-state index is 14.2. The zero-order valence-corrected chi connectivity index (χ0v) is 17.3. The van der Waals surface area contributed by atoms with Crippen LogP contribution in [0.1, 0.15) is 41.4 Å². The predicted molar refractivity (Wildman–Crippen MR) is 104 cm³/mol. The van der Waals surface area contributed by atoms with Crippen molar-refractivity contribution in [2.24, 2.45) is 11.7 Å². The fraction of sp³-hybridized carbons (Fsp3) is 0.381. The molecule has 0 spiro atoms. The van der Waals surface area contributed by atoms with Gasteiger partial charge in [0.2, 0.25) is 0 Å². The summed E-state index contributed by atoms with van der Waals surface area (Å²) < 4.78 is 74.7. The van der Waals surface area contributed by atoms with E-state index in [9.17, 15) is 31.5 Å². The first-order chi connectivity index (χ1) is 14.8. The molecular weight excluding hydrogens is 437 g/mol. The number of nitrogens with one attached hydrogen (secondary N) is 1. The zero-order chi connectivity index (χ0) is 24.0. The molecule has 32 heavy (non-hydrogen) atoms. The molecule has 1 saturated heterocycles. The van der Waals surface area contributed by atoms with Crippen molar-refractivity contribution in [3.63, 3.8) is 0 Å². The predicted octanol–water partition coefficient (Wildman–Crippen LogP) is 3.85. The second-order valence-electron chi connectivity index (χ2n) is 7.82. The van der Waals surface area contributed by atoms with Gasteiger partial charge >= 0.3 is 6.18 Å². The van der Waals surface area contributed by atoms with Crippen molar-refractivity contribution in [1.29, 1.82) is 0 Å². The number of nitrogens with zero attached hydrogens (tertiary/aromatic N) is 1. The number of anilines is 1. The minimum atomic E-state index is -4.85. The highest BCUT2D eigenvalue weighted by atomic mass is 19.4. The van der Waals surface area contributed by atoms with Gasteiger partial charge in [-0.1, -0.05) is 13.0 Å². The van der Waals surface area contributed by atoms with Crippen LogP contribution in [0.3, 0.4) is 0 Å². The van der Waals surface area contributed by atoms with Crippen LogP contribution in [0.4, 0.5) is 27.6 Å². The molecule has 3 rings (SSSR count). The number of nitrogens with two attached hydrogens (primary N) is 1. The lowest BCUT2D eigenvalue weighted by molar-refractivity contribution is -0.272. The summed E-state index contributed by atoms with van der Waals surface area (Å²) in [5.74, 6) is -6.76. The van der Waals surface area contributed by atoms with E-state index in [1.807, 2.05) is 0 Å². The van der Waals surface area contributed by atoms with Crippen LogP contribution in [-0.4, -0.2) is 34.7 Å². The minimum Gasteiger partial charge on any atom is -0.364 e. The maximum Gasteiger partial charge on any atom is 0.417 e. The molecule has 1 aliphatic heterocycles. The Morgan fingerprint density at radius 2 is 1.88 bits per heavy atom. The maximum atomic E-state index is 14.2. The molecule has 0 bridgehead atoms. The van der Waals surface area contributed by atoms with Crippen LogP contribution in [-0.2, 0) is 9.53 Å². The molecule has 4 atom stereocenters. The summed E-state index contributed by atoms with van der Waals surface area (Å²) in [6, 6.07) is 4.41. The smallest absolute Gasteiger partial charge is 0.364 e. The molecule has 0 aliphatic carbocycles. The number of primary amides is 1. The van der Waals surface area contributed by atoms with Gasteiger partial charge in [0.25, 0.3) is 11.8 Å². The van der Waals surface area contributed by atoms with Gasteiger partial charge in [0.05, 0.1) is 0 Å². The number of alkyl halides is 3. The molecule has 0 saturated carbocycles. The van der Waals surface area contributed by atoms with E-state index < -0.39 is 53.2 Å². The van der Waals surface area contributed by atoms with Gasteiger partial charge < -0.3 is 15.8 Å². The molecule has 2 unspecified atom stereocenters. The van der Waals surface area contributed by atoms with Crippen LogP contribution in [0, 0.1) is 24.5 Å². The number of ether oxygens (including phenoxy) is 1. The highest BCUT2D eigenvalue weighted by molar-refractivity contribution is 5.97. The number of aromatic nitrogens is 1. The van der Waals surface area contributed by atoms with Gasteiger partial charge in [0.15, 0.2) is 17.2 Å². The van der Waals surface area contributed by atoms with Gasteiger partial charge in [-0.25, -0.2) is 8.78 Å². The highest BCUT2D eigenvalue weighted by Crippen LogP contribution is 2.54. The standard InChI is InChI=1S/C21H20F5N3O3/c1-9-12(4-5-13(22)16(9)23)15-10(2)20(3,21(24,25)26)32-17(15)19(31)29-11-6-7-28-14(8-11)18(27)30/h4-8,10,15,17H,1-3H3,(H2,27,30)(H,28,29,31)/t10-,15?,17?,20+/m0/s1. The topological polar surface area (TPSA) is 94.3 Å². The first-order valence-electron chi connectivity index (χ1n) is 9.53. The first kappa shape index (κ1) is 23.6. The fourth-order valence-corrected chi connectivity index (χ4v) is 3.91. The lowest BCUT2D eigenvalue weighted by Gasteiger charge is -2.32. The third-order valence-electron chi connectivity index (χ3n) is 5.95. The quantitative estimate of drug-likeness (QED) is 0.682. The summed E-state index contributed by atoms with van der Waals surface area (Å²) in [5, 5.41) is 2.39. The Balaban J connectivity index is 2.05. The van der Waals surface area contributed by atoms with E-state index in [4.69, 9.17) is 10.5 Å². The van der Waals surface area contributed by atoms with Crippen molar-refractivity contribution in [3.8, 4) is 0 Å². The number of hydrogen-bond acceptors (Lipinski definition) is 4. The molecule has 2 amide bonds. The lowest BCUT2D eigenvalue weighted by Crippen LogP contribution is -2.47. The van der Waals surface area contributed by atoms with E-state index in [1.54, 1.807) is 0 Å². The molecule has 1 aromatic carbocycles. The van der Waals surface area contributed by atoms with Crippen LogP contribution in [0.25, 0.3) is 0 Å². The van der Waals surface area contributed by atoms with Crippen molar-refractivity contribution >= 4 is 17.5 Å². The number of carbonyl (C=O) groups excluding carboxylic acids is 2. The van der Waals surface area contributed by atoms with E-state index in [1.165, 1.54) is 26.1 Å². The number of pyridine rings is 1. The molecule has 6 nitrogen and oxygen atoms in total. The van der Waals surface area contributed by atoms with Gasteiger partial charge in [0.1, 0.15) is 11.8 Å². The largest absolute Gasteiger partial charge is 0.417 e. The Morgan fingerprint density at radius 3 is 2.47 bits per heavy atom. The number of carbonyl (C=O) groups is 2. The summed E-state index contributed by atoms with van der Waals surface area (Å²) >= 11 is 0. The Hall–Kier alpha value is -3.08. The Bertz CT molecular complexity index is 1080. The van der Waals surface area contributed by atoms with Gasteiger partial charge in [-0.3, -0.25) is 14.6 Å². The Kier molecular flexibility index (Phi) is 5.98. The molecule has 1 fully saturated rings. The summed E-state index contributed by atoms with van der Waals surface area (Å²) in [6.45, 7) is 3.27. The number of benzene rings is 1. The highest BCUT2D eigenvalue weighted by Gasteiger charge is 2.65. The van der Waals surface area contributed by atoms with Gasteiger partial charge in [-0.15, -0.1) is 0 Å². The average Bonchev–Trinajstić information content (AvgIpc) is 2.99. The van der Waals surface area contributed by atoms with Gasteiger partial charge in [0, 0.05) is 23.7 Å². The van der Waals surface area contributed by atoms with E-state index in [2.05, 4.69) is 10.3 Å². The van der Waals surface area contributed by atoms with Crippen molar-refractivity contribution in [3.05, 3.63) is 58.9 Å². The van der Waals surface area contributed by atoms with E-state index in [0.717, 1.165) is 25.1 Å². The SMILES string of the molecule is Cc1c(C2C(C(=O)Nc3ccnc(C(N)=O)c3)O[C@@](C)(C(F)(F)F)[C@H]2C)ccc(F)c1F. The van der Waals surface area contributed by atoms with Crippen LogP contribution >= 0.6 is 0 Å². The van der Waals surface area contributed by atoms with Crippen molar-refractivity contribution in [2.45, 2.75) is 44.6 Å². The van der Waals surface area contributed by atoms with E-state index >= 15 is 0 Å². The molecule has 0 radical (unpaired) electrons. The molecule has 1 aromatic heterocycles. The monoisotopic (exact) mass is 457 g/mol. The number of halogens is 5. The second kappa shape index (κ2) is 8.12. The summed E-state index contributed by atoms with van der Waals surface area (Å²) in [5.41, 5.74) is 2.11. The molecule has 2 aromatic rings. The molecule has 2 heterocycles. The van der Waals surface area contributed by atoms with Gasteiger partial charge in [-0.2, -0.15) is 13.2 Å². The summed E-state index contributed by atoms with van der Waals surface area (Å²) in [4.78, 5) is 28.0. The normalized spacial score (nSPS) is 25.6. The zero-order valence-electron chi connectivity index (χ0n) is 17.3. The van der Waals surface area contributed by atoms with Crippen LogP contribution in [0.5, 0.6) is 0 Å². The Labute approximate surface area is 180 Å². The molecule has 172 valence electrons. The van der Waals surface area contributed by atoms with Crippen LogP contribution in [0.15, 0.2) is 30.5 Å². The summed E-state index contributed by atoms with van der Waals surface area (Å²) in [7, 11) is 0. The van der Waals surface area contributed by atoms with Crippen molar-refractivity contribution < 1.29 is 36.3 Å². The van der Waals surface area contributed by atoms with Crippen molar-refractivity contribution in [1.82, 2.24) is 4.98 Å². The molecule has 1 aliphatic rings. The third-order valence-corrected chi connectivity index (χ3v) is 5.95. The average molecular weight is 457 g/mol. The molecular formula is C21H20F5N3O3. The van der Waals surface area contributed by atoms with E-state index in [-0.39, 0.29) is 22.5 Å². The molecule has 3 N–H and O–H groups in total. The fourth-order valence-electron chi connectivity index (χ4n) is 3.91. The van der Waals surface area contributed by atoms with E-state index in [0.29, 0.717) is 0 Å². The third kappa shape index (κ3) is 3.92. The minimum absolute atomic E-state index is 0.0251. The second-order valence-corrected chi connectivity index (χ2v) is 7.82. The molecule has 11 heteroatoms. The Morgan fingerprint density at radius 1 is 1.22 bits per heavy atom. The first-order valence-corrected chi connectivity index (χ1v) is 9.53. The number of amides is 2. The van der Waals surface area contributed by atoms with Crippen LogP contribution in [0.2, 0.25) is 0 Å². The lowest BCUT2D eigenvalue weighted by atomic mass is 9.76. The number of rotatable bonds is 4. The number of hydrogen-bond donors (Lipinski definition) is 2. The van der Waals surface area contributed by atoms with Gasteiger partial charge in [-0.05, 0) is 43.2 Å². The van der Waals surface area contributed by atoms with Crippen molar-refractivity contribution in [2.75, 3.05) is 5.32 Å². The summed E-state index contributed by atoms with van der Waals surface area (Å²) in [6.07, 6.45) is -5.35.